The molecule has 0 radical (unpaired) electrons. The van der Waals surface area contributed by atoms with Crippen LogP contribution in [0.1, 0.15) is 335 Å². The van der Waals surface area contributed by atoms with Crippen LogP contribution in [0.2, 0.25) is 0 Å². The van der Waals surface area contributed by atoms with Crippen LogP contribution in [0.3, 0.4) is 0 Å². The number of esters is 3. The highest BCUT2D eigenvalue weighted by molar-refractivity contribution is 5.71. The van der Waals surface area contributed by atoms with Gasteiger partial charge in [0.05, 0.1) is 0 Å². The van der Waals surface area contributed by atoms with Crippen molar-refractivity contribution >= 4 is 17.9 Å². The number of hydrogen-bond donors (Lipinski definition) is 0. The summed E-state index contributed by atoms with van der Waals surface area (Å²) in [5, 5.41) is 0. The quantitative estimate of drug-likeness (QED) is 0.0261. The van der Waals surface area contributed by atoms with Gasteiger partial charge in [0, 0.05) is 19.3 Å². The van der Waals surface area contributed by atoms with Crippen molar-refractivity contribution in [3.63, 3.8) is 0 Å². The third-order valence-electron chi connectivity index (χ3n) is 14.2. The molecule has 0 aromatic heterocycles. The fourth-order valence-corrected chi connectivity index (χ4v) is 9.33. The predicted molar refractivity (Wildman–Crippen MR) is 321 cm³/mol. The molecule has 0 amide bonds. The van der Waals surface area contributed by atoms with Gasteiger partial charge in [0.25, 0.3) is 0 Å². The van der Waals surface area contributed by atoms with Gasteiger partial charge in [0.2, 0.25) is 0 Å². The van der Waals surface area contributed by atoms with Gasteiger partial charge in [-0.3, -0.25) is 14.4 Å². The zero-order valence-electron chi connectivity index (χ0n) is 49.4. The first kappa shape index (κ1) is 71.1. The number of hydrogen-bond acceptors (Lipinski definition) is 6. The summed E-state index contributed by atoms with van der Waals surface area (Å²) in [6, 6.07) is 0. The average molecular weight is 1040 g/mol. The Bertz CT molecular complexity index is 1330. The first-order valence-corrected chi connectivity index (χ1v) is 32.3. The van der Waals surface area contributed by atoms with E-state index in [2.05, 4.69) is 81.5 Å². The van der Waals surface area contributed by atoms with Crippen molar-refractivity contribution in [1.82, 2.24) is 0 Å². The lowest BCUT2D eigenvalue weighted by Gasteiger charge is -2.18. The maximum atomic E-state index is 12.9. The summed E-state index contributed by atoms with van der Waals surface area (Å²) in [4.78, 5) is 38.2. The van der Waals surface area contributed by atoms with Gasteiger partial charge < -0.3 is 14.2 Å². The van der Waals surface area contributed by atoms with Crippen molar-refractivity contribution in [2.75, 3.05) is 13.2 Å². The summed E-state index contributed by atoms with van der Waals surface area (Å²) < 4.78 is 16.9. The summed E-state index contributed by atoms with van der Waals surface area (Å²) in [7, 11) is 0. The molecule has 0 aliphatic heterocycles. The third kappa shape index (κ3) is 60.0. The summed E-state index contributed by atoms with van der Waals surface area (Å²) in [5.74, 6) is -0.877. The van der Waals surface area contributed by atoms with Crippen LogP contribution in [0, 0.1) is 0 Å². The molecule has 0 aliphatic carbocycles. The van der Waals surface area contributed by atoms with Crippen LogP contribution in [0.4, 0.5) is 0 Å². The van der Waals surface area contributed by atoms with E-state index in [1.165, 1.54) is 212 Å². The van der Waals surface area contributed by atoms with E-state index in [9.17, 15) is 14.4 Å². The standard InChI is InChI=1S/C68H122O6/c1-4-7-10-13-16-19-22-24-26-28-30-32-34-36-38-40-42-44-46-49-52-55-58-61-67(70)73-64-65(63-72-66(69)60-57-54-51-48-21-18-15-12-9-6-3)74-68(71)62-59-56-53-50-47-45-43-41-39-37-35-33-31-29-27-25-23-20-17-14-11-8-5-2/h12,15,22-25,28-31,65H,4-11,13-14,16-21,26-27,32-64H2,1-3H3/b15-12-,24-22-,25-23-,30-28-,31-29-. The molecule has 0 aromatic rings. The number of ether oxygens (including phenoxy) is 3. The SMILES string of the molecule is CCC/C=C\CCCCCCCC(=O)OCC(COC(=O)CCCCCCCCCCCCC/C=C\C/C=C\CCCCCCC)OC(=O)CCCCCCCCCCCCC/C=C\C/C=C\CCCCCCC. The van der Waals surface area contributed by atoms with Crippen LogP contribution in [-0.4, -0.2) is 37.2 Å². The molecule has 0 aromatic carbocycles. The number of rotatable bonds is 59. The van der Waals surface area contributed by atoms with Crippen molar-refractivity contribution in [3.05, 3.63) is 60.8 Å². The highest BCUT2D eigenvalue weighted by atomic mass is 16.6. The molecule has 6 heteroatoms. The van der Waals surface area contributed by atoms with Crippen LogP contribution >= 0.6 is 0 Å². The summed E-state index contributed by atoms with van der Waals surface area (Å²) in [6.45, 7) is 6.59. The molecule has 0 rings (SSSR count). The Morgan fingerprint density at radius 1 is 0.270 bits per heavy atom. The van der Waals surface area contributed by atoms with Crippen LogP contribution in [0.25, 0.3) is 0 Å². The largest absolute Gasteiger partial charge is 0.462 e. The average Bonchev–Trinajstić information content (AvgIpc) is 3.40. The number of allylic oxidation sites excluding steroid dienone is 10. The Kier molecular flexibility index (Phi) is 60.2. The molecule has 0 aliphatic rings. The lowest BCUT2D eigenvalue weighted by molar-refractivity contribution is -0.167. The molecule has 430 valence electrons. The van der Waals surface area contributed by atoms with Crippen LogP contribution < -0.4 is 0 Å². The van der Waals surface area contributed by atoms with E-state index in [4.69, 9.17) is 14.2 Å². The molecule has 0 heterocycles. The first-order chi connectivity index (χ1) is 36.5. The third-order valence-corrected chi connectivity index (χ3v) is 14.2. The fraction of sp³-hybridized carbons (Fsp3) is 0.809. The van der Waals surface area contributed by atoms with Gasteiger partial charge in [-0.1, -0.05) is 274 Å². The summed E-state index contributed by atoms with van der Waals surface area (Å²) in [6.07, 6.45) is 79.5. The molecule has 0 fully saturated rings. The Hall–Kier alpha value is -2.89. The van der Waals surface area contributed by atoms with Crippen molar-refractivity contribution in [2.45, 2.75) is 341 Å². The minimum atomic E-state index is -0.779. The topological polar surface area (TPSA) is 78.9 Å². The second kappa shape index (κ2) is 62.6. The van der Waals surface area contributed by atoms with Gasteiger partial charge in [-0.25, -0.2) is 0 Å². The maximum absolute atomic E-state index is 12.9. The first-order valence-electron chi connectivity index (χ1n) is 32.3. The molecule has 0 saturated carbocycles. The zero-order valence-corrected chi connectivity index (χ0v) is 49.4. The molecular formula is C68H122O6. The van der Waals surface area contributed by atoms with E-state index in [1.807, 2.05) is 0 Å². The van der Waals surface area contributed by atoms with Gasteiger partial charge in [0.15, 0.2) is 6.10 Å². The van der Waals surface area contributed by atoms with E-state index >= 15 is 0 Å². The van der Waals surface area contributed by atoms with Gasteiger partial charge in [0.1, 0.15) is 13.2 Å². The number of unbranched alkanes of at least 4 members (excludes halogenated alkanes) is 38. The molecule has 1 unspecified atom stereocenters. The molecule has 0 bridgehead atoms. The fourth-order valence-electron chi connectivity index (χ4n) is 9.33. The Morgan fingerprint density at radius 2 is 0.514 bits per heavy atom. The van der Waals surface area contributed by atoms with Crippen molar-refractivity contribution < 1.29 is 28.6 Å². The monoisotopic (exact) mass is 1030 g/mol. The molecule has 0 saturated heterocycles. The van der Waals surface area contributed by atoms with Gasteiger partial charge >= 0.3 is 17.9 Å². The second-order valence-electron chi connectivity index (χ2n) is 21.7. The summed E-state index contributed by atoms with van der Waals surface area (Å²) >= 11 is 0. The zero-order chi connectivity index (χ0) is 53.6. The minimum absolute atomic E-state index is 0.0769. The Morgan fingerprint density at radius 3 is 0.811 bits per heavy atom. The second-order valence-corrected chi connectivity index (χ2v) is 21.7. The molecule has 0 spiro atoms. The van der Waals surface area contributed by atoms with E-state index < -0.39 is 6.10 Å². The summed E-state index contributed by atoms with van der Waals surface area (Å²) in [5.41, 5.74) is 0. The lowest BCUT2D eigenvalue weighted by Crippen LogP contribution is -2.30. The Labute approximate surface area is 460 Å². The minimum Gasteiger partial charge on any atom is -0.462 e. The normalized spacial score (nSPS) is 12.4. The van der Waals surface area contributed by atoms with E-state index in [0.29, 0.717) is 19.3 Å². The van der Waals surface area contributed by atoms with E-state index in [1.54, 1.807) is 0 Å². The molecular weight excluding hydrogens is 913 g/mol. The maximum Gasteiger partial charge on any atom is 0.306 e. The van der Waals surface area contributed by atoms with Crippen LogP contribution in [-0.2, 0) is 28.6 Å². The van der Waals surface area contributed by atoms with E-state index in [0.717, 1.165) is 83.5 Å². The van der Waals surface area contributed by atoms with Gasteiger partial charge in [-0.15, -0.1) is 0 Å². The van der Waals surface area contributed by atoms with Crippen LogP contribution in [0.15, 0.2) is 60.8 Å². The number of carbonyl (C=O) groups is 3. The van der Waals surface area contributed by atoms with Gasteiger partial charge in [-0.05, 0) is 103 Å². The molecule has 6 nitrogen and oxygen atoms in total. The lowest BCUT2D eigenvalue weighted by atomic mass is 10.0. The predicted octanol–water partition coefficient (Wildman–Crippen LogP) is 21.9. The van der Waals surface area contributed by atoms with Crippen LogP contribution in [0.5, 0.6) is 0 Å². The Balaban J connectivity index is 4.23. The molecule has 1 atom stereocenters. The molecule has 74 heavy (non-hydrogen) atoms. The van der Waals surface area contributed by atoms with Crippen molar-refractivity contribution in [3.8, 4) is 0 Å². The van der Waals surface area contributed by atoms with Gasteiger partial charge in [-0.2, -0.15) is 0 Å². The number of carbonyl (C=O) groups excluding carboxylic acids is 3. The highest BCUT2D eigenvalue weighted by Crippen LogP contribution is 2.17. The van der Waals surface area contributed by atoms with Crippen molar-refractivity contribution in [2.24, 2.45) is 0 Å². The van der Waals surface area contributed by atoms with E-state index in [-0.39, 0.29) is 31.1 Å². The highest BCUT2D eigenvalue weighted by Gasteiger charge is 2.19. The van der Waals surface area contributed by atoms with Crippen molar-refractivity contribution in [1.29, 1.82) is 0 Å². The smallest absolute Gasteiger partial charge is 0.306 e. The molecule has 0 N–H and O–H groups in total.